The highest BCUT2D eigenvalue weighted by molar-refractivity contribution is 5.94. The number of rotatable bonds is 5. The van der Waals surface area contributed by atoms with Crippen LogP contribution in [0.5, 0.6) is 5.75 Å². The zero-order valence-electron chi connectivity index (χ0n) is 11.8. The number of benzene rings is 1. The number of amides is 1. The van der Waals surface area contributed by atoms with Gasteiger partial charge in [0.15, 0.2) is 0 Å². The number of methoxy groups -OCH3 is 1. The lowest BCUT2D eigenvalue weighted by Gasteiger charge is -2.29. The number of aliphatic hydroxyl groups is 1. The van der Waals surface area contributed by atoms with Gasteiger partial charge in [-0.3, -0.25) is 4.79 Å². The van der Waals surface area contributed by atoms with E-state index in [0.717, 1.165) is 32.5 Å². The van der Waals surface area contributed by atoms with Gasteiger partial charge in [-0.25, -0.2) is 0 Å². The van der Waals surface area contributed by atoms with Gasteiger partial charge in [-0.1, -0.05) is 6.07 Å². The van der Waals surface area contributed by atoms with Gasteiger partial charge in [0.2, 0.25) is 0 Å². The van der Waals surface area contributed by atoms with E-state index in [1.165, 1.54) is 0 Å². The van der Waals surface area contributed by atoms with E-state index in [-0.39, 0.29) is 12.0 Å². The van der Waals surface area contributed by atoms with Gasteiger partial charge in [-0.15, -0.1) is 0 Å². The zero-order valence-corrected chi connectivity index (χ0v) is 11.8. The Morgan fingerprint density at radius 2 is 2.20 bits per heavy atom. The van der Waals surface area contributed by atoms with Crippen LogP contribution in [0.4, 0.5) is 0 Å². The average molecular weight is 278 g/mol. The summed E-state index contributed by atoms with van der Waals surface area (Å²) in [7, 11) is 1.59. The predicted molar refractivity (Wildman–Crippen MR) is 77.0 cm³/mol. The quantitative estimate of drug-likeness (QED) is 0.839. The molecular weight excluding hydrogens is 256 g/mol. The lowest BCUT2D eigenvalue weighted by molar-refractivity contribution is 0.0804. The van der Waals surface area contributed by atoms with Crippen LogP contribution in [0.25, 0.3) is 0 Å². The maximum atomic E-state index is 12.0. The molecule has 110 valence electrons. The third-order valence-corrected chi connectivity index (χ3v) is 3.60. The first-order valence-electron chi connectivity index (χ1n) is 7.01. The molecule has 0 aliphatic carbocycles. The Balaban J connectivity index is 1.74. The van der Waals surface area contributed by atoms with E-state index in [0.29, 0.717) is 17.9 Å². The highest BCUT2D eigenvalue weighted by Gasteiger charge is 2.16. The van der Waals surface area contributed by atoms with Crippen LogP contribution in [0, 0.1) is 0 Å². The topological polar surface area (TPSA) is 61.8 Å². The van der Waals surface area contributed by atoms with E-state index in [1.807, 2.05) is 6.07 Å². The van der Waals surface area contributed by atoms with Crippen molar-refractivity contribution in [1.29, 1.82) is 0 Å². The molecule has 1 aliphatic heterocycles. The van der Waals surface area contributed by atoms with Crippen molar-refractivity contribution in [3.8, 4) is 5.75 Å². The highest BCUT2D eigenvalue weighted by atomic mass is 16.5. The van der Waals surface area contributed by atoms with E-state index in [4.69, 9.17) is 4.74 Å². The summed E-state index contributed by atoms with van der Waals surface area (Å²) < 4.78 is 5.10. The van der Waals surface area contributed by atoms with Crippen molar-refractivity contribution in [3.63, 3.8) is 0 Å². The van der Waals surface area contributed by atoms with Gasteiger partial charge >= 0.3 is 0 Å². The number of likely N-dealkylation sites (tertiary alicyclic amines) is 1. The summed E-state index contributed by atoms with van der Waals surface area (Å²) in [4.78, 5) is 14.2. The molecule has 1 aromatic rings. The number of piperidine rings is 1. The molecule has 2 N–H and O–H groups in total. The van der Waals surface area contributed by atoms with Crippen LogP contribution in [-0.2, 0) is 0 Å². The van der Waals surface area contributed by atoms with E-state index in [2.05, 4.69) is 10.2 Å². The largest absolute Gasteiger partial charge is 0.497 e. The summed E-state index contributed by atoms with van der Waals surface area (Å²) in [6.45, 7) is 3.24. The minimum atomic E-state index is -0.155. The van der Waals surface area contributed by atoms with Crippen molar-refractivity contribution >= 4 is 5.91 Å². The fraction of sp³-hybridized carbons (Fsp3) is 0.533. The second-order valence-electron chi connectivity index (χ2n) is 5.06. The molecule has 0 bridgehead atoms. The molecule has 2 rings (SSSR count). The third-order valence-electron chi connectivity index (χ3n) is 3.60. The van der Waals surface area contributed by atoms with Crippen molar-refractivity contribution in [2.75, 3.05) is 33.3 Å². The van der Waals surface area contributed by atoms with Gasteiger partial charge < -0.3 is 20.1 Å². The molecule has 1 saturated heterocycles. The standard InChI is InChI=1S/C15H22N2O3/c1-20-14-4-2-3-12(11-14)15(19)16-7-10-17-8-5-13(18)6-9-17/h2-4,11,13,18H,5-10H2,1H3,(H,16,19). The molecule has 0 atom stereocenters. The summed E-state index contributed by atoms with van der Waals surface area (Å²) in [6, 6.07) is 7.12. The van der Waals surface area contributed by atoms with Crippen LogP contribution in [-0.4, -0.2) is 55.3 Å². The van der Waals surface area contributed by atoms with E-state index < -0.39 is 0 Å². The second-order valence-corrected chi connectivity index (χ2v) is 5.06. The van der Waals surface area contributed by atoms with Crippen LogP contribution in [0.1, 0.15) is 23.2 Å². The van der Waals surface area contributed by atoms with Crippen molar-refractivity contribution < 1.29 is 14.6 Å². The van der Waals surface area contributed by atoms with Crippen LogP contribution in [0.2, 0.25) is 0 Å². The first kappa shape index (κ1) is 14.8. The van der Waals surface area contributed by atoms with Crippen LogP contribution in [0.3, 0.4) is 0 Å². The average Bonchev–Trinajstić information content (AvgIpc) is 2.49. The van der Waals surface area contributed by atoms with Crippen LogP contribution in [0.15, 0.2) is 24.3 Å². The number of carbonyl (C=O) groups excluding carboxylic acids is 1. The van der Waals surface area contributed by atoms with Crippen LogP contribution < -0.4 is 10.1 Å². The van der Waals surface area contributed by atoms with Gasteiger partial charge in [0, 0.05) is 31.7 Å². The van der Waals surface area contributed by atoms with Gasteiger partial charge in [0.1, 0.15) is 5.75 Å². The molecule has 5 heteroatoms. The van der Waals surface area contributed by atoms with E-state index in [9.17, 15) is 9.90 Å². The summed E-state index contributed by atoms with van der Waals surface area (Å²) in [5.41, 5.74) is 0.610. The fourth-order valence-electron chi connectivity index (χ4n) is 2.34. The number of hydrogen-bond donors (Lipinski definition) is 2. The lowest BCUT2D eigenvalue weighted by atomic mass is 10.1. The Bertz CT molecular complexity index is 442. The normalized spacial score (nSPS) is 16.9. The third kappa shape index (κ3) is 4.21. The Morgan fingerprint density at radius 1 is 1.45 bits per heavy atom. The molecule has 0 unspecified atom stereocenters. The van der Waals surface area contributed by atoms with Crippen molar-refractivity contribution in [2.45, 2.75) is 18.9 Å². The number of nitrogens with one attached hydrogen (secondary N) is 1. The highest BCUT2D eigenvalue weighted by Crippen LogP contribution is 2.12. The molecule has 1 aliphatic rings. The fourth-order valence-corrected chi connectivity index (χ4v) is 2.34. The summed E-state index contributed by atoms with van der Waals surface area (Å²) in [5.74, 6) is 0.601. The predicted octanol–water partition coefficient (Wildman–Crippen LogP) is 0.882. The van der Waals surface area contributed by atoms with Crippen LogP contribution >= 0.6 is 0 Å². The first-order chi connectivity index (χ1) is 9.69. The number of hydrogen-bond acceptors (Lipinski definition) is 4. The molecule has 0 spiro atoms. The molecule has 1 heterocycles. The Kier molecular flexibility index (Phi) is 5.38. The zero-order chi connectivity index (χ0) is 14.4. The molecule has 1 amide bonds. The number of aliphatic hydroxyl groups excluding tert-OH is 1. The van der Waals surface area contributed by atoms with Gasteiger partial charge in [-0.2, -0.15) is 0 Å². The monoisotopic (exact) mass is 278 g/mol. The van der Waals surface area contributed by atoms with Gasteiger partial charge in [-0.05, 0) is 31.0 Å². The second kappa shape index (κ2) is 7.26. The molecule has 5 nitrogen and oxygen atoms in total. The number of ether oxygens (including phenoxy) is 1. The summed E-state index contributed by atoms with van der Waals surface area (Å²) >= 11 is 0. The van der Waals surface area contributed by atoms with E-state index in [1.54, 1.807) is 25.3 Å². The molecule has 1 fully saturated rings. The SMILES string of the molecule is COc1cccc(C(=O)NCCN2CCC(O)CC2)c1. The molecular formula is C15H22N2O3. The molecule has 20 heavy (non-hydrogen) atoms. The molecule has 0 aromatic heterocycles. The minimum Gasteiger partial charge on any atom is -0.497 e. The van der Waals surface area contributed by atoms with Crippen molar-refractivity contribution in [3.05, 3.63) is 29.8 Å². The Hall–Kier alpha value is -1.59. The maximum absolute atomic E-state index is 12.0. The number of nitrogens with zero attached hydrogens (tertiary/aromatic N) is 1. The van der Waals surface area contributed by atoms with E-state index >= 15 is 0 Å². The first-order valence-corrected chi connectivity index (χ1v) is 7.01. The van der Waals surface area contributed by atoms with Gasteiger partial charge in [0.25, 0.3) is 5.91 Å². The van der Waals surface area contributed by atoms with Gasteiger partial charge in [0.05, 0.1) is 13.2 Å². The molecule has 1 aromatic carbocycles. The minimum absolute atomic E-state index is 0.0825. The summed E-state index contributed by atoms with van der Waals surface area (Å²) in [6.07, 6.45) is 1.49. The van der Waals surface area contributed by atoms with Crippen molar-refractivity contribution in [2.24, 2.45) is 0 Å². The Labute approximate surface area is 119 Å². The molecule has 0 radical (unpaired) electrons. The lowest BCUT2D eigenvalue weighted by Crippen LogP contribution is -2.40. The number of carbonyl (C=O) groups is 1. The maximum Gasteiger partial charge on any atom is 0.251 e. The molecule has 0 saturated carbocycles. The smallest absolute Gasteiger partial charge is 0.251 e. The van der Waals surface area contributed by atoms with Crippen molar-refractivity contribution in [1.82, 2.24) is 10.2 Å². The summed E-state index contributed by atoms with van der Waals surface area (Å²) in [5, 5.41) is 12.3. The Morgan fingerprint density at radius 3 is 2.90 bits per heavy atom.